The average molecular weight is 406 g/mol. The molecule has 1 atom stereocenters. The molecule has 3 rings (SSSR count). The third-order valence-corrected chi connectivity index (χ3v) is 5.64. The lowest BCUT2D eigenvalue weighted by Gasteiger charge is -2.24. The van der Waals surface area contributed by atoms with Crippen molar-refractivity contribution in [3.05, 3.63) is 23.8 Å². The predicted molar refractivity (Wildman–Crippen MR) is 112 cm³/mol. The molecule has 29 heavy (non-hydrogen) atoms. The van der Waals surface area contributed by atoms with Crippen LogP contribution in [0.15, 0.2) is 18.2 Å². The Kier molecular flexibility index (Phi) is 8.58. The molecule has 2 heterocycles. The molecule has 2 aliphatic heterocycles. The maximum atomic E-state index is 11.5. The van der Waals surface area contributed by atoms with E-state index in [-0.39, 0.29) is 12.5 Å². The molecule has 1 amide bonds. The van der Waals surface area contributed by atoms with Gasteiger partial charge in [0.05, 0.1) is 7.11 Å². The van der Waals surface area contributed by atoms with Crippen molar-refractivity contribution in [2.24, 2.45) is 0 Å². The highest BCUT2D eigenvalue weighted by molar-refractivity contribution is 5.76. The van der Waals surface area contributed by atoms with Gasteiger partial charge in [-0.2, -0.15) is 0 Å². The summed E-state index contributed by atoms with van der Waals surface area (Å²) in [5.74, 6) is 1.44. The first-order chi connectivity index (χ1) is 14.1. The molecule has 0 aliphatic carbocycles. The van der Waals surface area contributed by atoms with E-state index in [1.165, 1.54) is 25.7 Å². The van der Waals surface area contributed by atoms with Gasteiger partial charge < -0.3 is 24.8 Å². The minimum Gasteiger partial charge on any atom is -0.493 e. The quantitative estimate of drug-likeness (QED) is 0.685. The third-order valence-electron chi connectivity index (χ3n) is 5.64. The average Bonchev–Trinajstić information content (AvgIpc) is 3.09. The number of likely N-dealkylation sites (tertiary alicyclic amines) is 1. The van der Waals surface area contributed by atoms with Crippen molar-refractivity contribution in [2.75, 3.05) is 53.0 Å². The zero-order valence-corrected chi connectivity index (χ0v) is 17.6. The number of hydrogen-bond donors (Lipinski definition) is 2. The fourth-order valence-corrected chi connectivity index (χ4v) is 4.02. The lowest BCUT2D eigenvalue weighted by Crippen LogP contribution is -2.36. The van der Waals surface area contributed by atoms with Crippen molar-refractivity contribution < 1.29 is 19.4 Å². The number of rotatable bonds is 8. The Labute approximate surface area is 174 Å². The SMILES string of the molecule is COc1ccc(CN2CCNC(=O)CC2)cc1OCC(O)CN1CCCCCC1. The van der Waals surface area contributed by atoms with E-state index in [9.17, 15) is 9.90 Å². The summed E-state index contributed by atoms with van der Waals surface area (Å²) in [4.78, 5) is 16.1. The van der Waals surface area contributed by atoms with Crippen LogP contribution in [0, 0.1) is 0 Å². The van der Waals surface area contributed by atoms with E-state index in [1.54, 1.807) is 7.11 Å². The number of benzene rings is 1. The molecule has 0 bridgehead atoms. The van der Waals surface area contributed by atoms with Gasteiger partial charge in [0.1, 0.15) is 12.7 Å². The number of carbonyl (C=O) groups excluding carboxylic acids is 1. The van der Waals surface area contributed by atoms with E-state index in [4.69, 9.17) is 9.47 Å². The molecule has 0 radical (unpaired) electrons. The molecule has 0 aromatic heterocycles. The molecule has 2 N–H and O–H groups in total. The van der Waals surface area contributed by atoms with Gasteiger partial charge in [-0.3, -0.25) is 9.69 Å². The molecule has 2 fully saturated rings. The molecule has 1 aromatic carbocycles. The van der Waals surface area contributed by atoms with Gasteiger partial charge in [-0.25, -0.2) is 0 Å². The number of β-amino-alcohol motifs (C(OH)–C–C–N with tert-alkyl or cyclic N) is 1. The predicted octanol–water partition coefficient (Wildman–Crippen LogP) is 1.63. The Morgan fingerprint density at radius 2 is 1.86 bits per heavy atom. The summed E-state index contributed by atoms with van der Waals surface area (Å²) in [6, 6.07) is 5.92. The van der Waals surface area contributed by atoms with Crippen molar-refractivity contribution in [1.29, 1.82) is 0 Å². The fourth-order valence-electron chi connectivity index (χ4n) is 4.02. The molecule has 2 saturated heterocycles. The van der Waals surface area contributed by atoms with Crippen molar-refractivity contribution in [2.45, 2.75) is 44.8 Å². The summed E-state index contributed by atoms with van der Waals surface area (Å²) < 4.78 is 11.4. The molecule has 1 aromatic rings. The van der Waals surface area contributed by atoms with Crippen LogP contribution in [0.4, 0.5) is 0 Å². The van der Waals surface area contributed by atoms with Gasteiger partial charge in [0.2, 0.25) is 5.91 Å². The van der Waals surface area contributed by atoms with E-state index in [0.29, 0.717) is 31.0 Å². The summed E-state index contributed by atoms with van der Waals surface area (Å²) >= 11 is 0. The number of aliphatic hydroxyl groups excluding tert-OH is 1. The second-order valence-electron chi connectivity index (χ2n) is 8.04. The summed E-state index contributed by atoms with van der Waals surface area (Å²) in [5.41, 5.74) is 1.11. The lowest BCUT2D eigenvalue weighted by molar-refractivity contribution is -0.120. The lowest BCUT2D eigenvalue weighted by atomic mass is 10.2. The van der Waals surface area contributed by atoms with Crippen LogP contribution in [-0.2, 0) is 11.3 Å². The van der Waals surface area contributed by atoms with Gasteiger partial charge in [-0.1, -0.05) is 18.9 Å². The highest BCUT2D eigenvalue weighted by Crippen LogP contribution is 2.29. The van der Waals surface area contributed by atoms with Crippen LogP contribution in [0.3, 0.4) is 0 Å². The molecule has 7 heteroatoms. The number of nitrogens with one attached hydrogen (secondary N) is 1. The summed E-state index contributed by atoms with van der Waals surface area (Å²) in [5, 5.41) is 13.4. The molecule has 7 nitrogen and oxygen atoms in total. The number of nitrogens with zero attached hydrogens (tertiary/aromatic N) is 2. The zero-order chi connectivity index (χ0) is 20.5. The van der Waals surface area contributed by atoms with E-state index >= 15 is 0 Å². The Bertz CT molecular complexity index is 647. The zero-order valence-electron chi connectivity index (χ0n) is 17.6. The molecular formula is C22H35N3O4. The van der Waals surface area contributed by atoms with Crippen LogP contribution < -0.4 is 14.8 Å². The summed E-state index contributed by atoms with van der Waals surface area (Å²) in [6.07, 6.45) is 5.00. The standard InChI is InChI=1S/C22H35N3O4/c1-28-20-7-6-18(15-25-12-8-22(27)23-9-13-25)14-21(20)29-17-19(26)16-24-10-4-2-3-5-11-24/h6-7,14,19,26H,2-5,8-13,15-17H2,1H3,(H,23,27). The summed E-state index contributed by atoms with van der Waals surface area (Å²) in [6.45, 7) is 6.04. The topological polar surface area (TPSA) is 74.3 Å². The monoisotopic (exact) mass is 405 g/mol. The molecular weight excluding hydrogens is 370 g/mol. The van der Waals surface area contributed by atoms with Gasteiger partial charge in [0.25, 0.3) is 0 Å². The van der Waals surface area contributed by atoms with Crippen LogP contribution in [0.25, 0.3) is 0 Å². The van der Waals surface area contributed by atoms with E-state index in [1.807, 2.05) is 18.2 Å². The van der Waals surface area contributed by atoms with Crippen molar-refractivity contribution in [3.8, 4) is 11.5 Å². The van der Waals surface area contributed by atoms with Gasteiger partial charge >= 0.3 is 0 Å². The number of amides is 1. The van der Waals surface area contributed by atoms with E-state index in [2.05, 4.69) is 15.1 Å². The highest BCUT2D eigenvalue weighted by atomic mass is 16.5. The number of carbonyl (C=O) groups is 1. The third kappa shape index (κ3) is 7.17. The van der Waals surface area contributed by atoms with E-state index < -0.39 is 6.10 Å². The van der Waals surface area contributed by atoms with Crippen molar-refractivity contribution >= 4 is 5.91 Å². The molecule has 1 unspecified atom stereocenters. The Morgan fingerprint density at radius 3 is 2.62 bits per heavy atom. The van der Waals surface area contributed by atoms with Crippen LogP contribution >= 0.6 is 0 Å². The van der Waals surface area contributed by atoms with Crippen LogP contribution in [0.2, 0.25) is 0 Å². The van der Waals surface area contributed by atoms with Crippen molar-refractivity contribution in [3.63, 3.8) is 0 Å². The Balaban J connectivity index is 1.54. The maximum absolute atomic E-state index is 11.5. The number of ether oxygens (including phenoxy) is 2. The number of aliphatic hydroxyl groups is 1. The normalized spacial score (nSPS) is 20.4. The van der Waals surface area contributed by atoms with Crippen LogP contribution in [0.5, 0.6) is 11.5 Å². The molecule has 162 valence electrons. The highest BCUT2D eigenvalue weighted by Gasteiger charge is 2.17. The maximum Gasteiger partial charge on any atom is 0.221 e. The van der Waals surface area contributed by atoms with Gasteiger partial charge in [-0.05, 0) is 43.6 Å². The van der Waals surface area contributed by atoms with Crippen molar-refractivity contribution in [1.82, 2.24) is 15.1 Å². The second kappa shape index (κ2) is 11.4. The second-order valence-corrected chi connectivity index (χ2v) is 8.04. The first-order valence-corrected chi connectivity index (χ1v) is 10.8. The minimum atomic E-state index is -0.524. The number of hydrogen-bond acceptors (Lipinski definition) is 6. The van der Waals surface area contributed by atoms with Crippen LogP contribution in [-0.4, -0.2) is 79.9 Å². The Hall–Kier alpha value is -1.83. The minimum absolute atomic E-state index is 0.115. The number of methoxy groups -OCH3 is 1. The largest absolute Gasteiger partial charge is 0.493 e. The Morgan fingerprint density at radius 1 is 1.07 bits per heavy atom. The van der Waals surface area contributed by atoms with Crippen LogP contribution in [0.1, 0.15) is 37.7 Å². The van der Waals surface area contributed by atoms with E-state index in [0.717, 1.165) is 38.3 Å². The smallest absolute Gasteiger partial charge is 0.221 e. The first-order valence-electron chi connectivity index (χ1n) is 10.8. The molecule has 0 saturated carbocycles. The summed E-state index contributed by atoms with van der Waals surface area (Å²) in [7, 11) is 1.63. The first kappa shape index (κ1) is 21.9. The fraction of sp³-hybridized carbons (Fsp3) is 0.682. The molecule has 0 spiro atoms. The van der Waals surface area contributed by atoms with Gasteiger partial charge in [0, 0.05) is 39.1 Å². The molecule has 2 aliphatic rings. The van der Waals surface area contributed by atoms with Gasteiger partial charge in [-0.15, -0.1) is 0 Å². The van der Waals surface area contributed by atoms with Gasteiger partial charge in [0.15, 0.2) is 11.5 Å².